The molecule has 2 heterocycles. The number of carbonyl (C=O) groups is 1. The minimum atomic E-state index is -3.94. The number of halogens is 1. The van der Waals surface area contributed by atoms with Crippen molar-refractivity contribution in [3.8, 4) is 22.4 Å². The Bertz CT molecular complexity index is 1430. The number of sulfonamides is 1. The molecule has 1 fully saturated rings. The number of aliphatic carboxylic acids is 1. The summed E-state index contributed by atoms with van der Waals surface area (Å²) in [6, 6.07) is 15.2. The molecule has 10 heteroatoms. The summed E-state index contributed by atoms with van der Waals surface area (Å²) in [5.41, 5.74) is 3.03. The van der Waals surface area contributed by atoms with Gasteiger partial charge in [0.25, 0.3) is 0 Å². The van der Waals surface area contributed by atoms with Crippen molar-refractivity contribution < 1.29 is 32.9 Å². The van der Waals surface area contributed by atoms with E-state index in [2.05, 4.69) is 0 Å². The number of aliphatic hydroxyl groups excluding tert-OH is 2. The Morgan fingerprint density at radius 2 is 1.59 bits per heavy atom. The molecule has 0 aliphatic carbocycles. The van der Waals surface area contributed by atoms with E-state index in [0.717, 1.165) is 19.3 Å². The van der Waals surface area contributed by atoms with Gasteiger partial charge in [-0.25, -0.2) is 12.8 Å². The molecule has 4 rings (SSSR count). The Balaban J connectivity index is 1.94. The van der Waals surface area contributed by atoms with Crippen molar-refractivity contribution in [3.63, 3.8) is 0 Å². The Morgan fingerprint density at radius 3 is 2.17 bits per heavy atom. The van der Waals surface area contributed by atoms with Crippen molar-refractivity contribution >= 4 is 16.0 Å². The van der Waals surface area contributed by atoms with Gasteiger partial charge < -0.3 is 24.7 Å². The number of piperidine rings is 1. The highest BCUT2D eigenvalue weighted by molar-refractivity contribution is 7.89. The number of aliphatic hydroxyl groups is 2. The maximum Gasteiger partial charge on any atom is 0.245 e. The highest BCUT2D eigenvalue weighted by Gasteiger charge is 2.37. The van der Waals surface area contributed by atoms with Crippen LogP contribution < -0.4 is 5.11 Å². The van der Waals surface area contributed by atoms with Gasteiger partial charge in [0.2, 0.25) is 10.0 Å². The zero-order chi connectivity index (χ0) is 29.7. The fourth-order valence-electron chi connectivity index (χ4n) is 5.68. The normalized spacial score (nSPS) is 16.1. The second-order valence-corrected chi connectivity index (χ2v) is 12.9. The minimum Gasteiger partial charge on any atom is -0.550 e. The predicted octanol–water partition coefficient (Wildman–Crippen LogP) is 3.90. The molecule has 0 radical (unpaired) electrons. The van der Waals surface area contributed by atoms with Gasteiger partial charge in [0.15, 0.2) is 0 Å². The number of carboxylic acid groups (broad SMARTS) is 1. The molecule has 2 N–H and O–H groups in total. The maximum absolute atomic E-state index is 14.5. The summed E-state index contributed by atoms with van der Waals surface area (Å²) < 4.78 is 46.4. The highest BCUT2D eigenvalue weighted by Crippen LogP contribution is 2.45. The Hall–Kier alpha value is -3.05. The van der Waals surface area contributed by atoms with Crippen LogP contribution in [0.1, 0.15) is 64.0 Å². The molecule has 0 spiro atoms. The van der Waals surface area contributed by atoms with Gasteiger partial charge in [-0.15, -0.1) is 0 Å². The van der Waals surface area contributed by atoms with E-state index in [-0.39, 0.29) is 30.2 Å². The maximum atomic E-state index is 14.5. The van der Waals surface area contributed by atoms with E-state index in [0.29, 0.717) is 41.2 Å². The van der Waals surface area contributed by atoms with E-state index in [4.69, 9.17) is 0 Å². The van der Waals surface area contributed by atoms with E-state index in [1.54, 1.807) is 16.4 Å². The van der Waals surface area contributed by atoms with Gasteiger partial charge in [-0.2, -0.15) is 4.31 Å². The summed E-state index contributed by atoms with van der Waals surface area (Å²) >= 11 is 0. The molecule has 0 bridgehead atoms. The Morgan fingerprint density at radius 1 is 0.951 bits per heavy atom. The molecule has 1 aliphatic heterocycles. The third kappa shape index (κ3) is 7.06. The van der Waals surface area contributed by atoms with Crippen molar-refractivity contribution in [1.82, 2.24) is 8.87 Å². The van der Waals surface area contributed by atoms with Crippen LogP contribution in [-0.4, -0.2) is 58.8 Å². The van der Waals surface area contributed by atoms with Gasteiger partial charge in [-0.1, -0.05) is 50.6 Å². The number of nitrogens with zero attached hydrogens (tertiary/aromatic N) is 2. The summed E-state index contributed by atoms with van der Waals surface area (Å²) in [4.78, 5) is 11.1. The topological polar surface area (TPSA) is 123 Å². The lowest BCUT2D eigenvalue weighted by molar-refractivity contribution is -0.307. The third-order valence-corrected chi connectivity index (χ3v) is 9.50. The van der Waals surface area contributed by atoms with Gasteiger partial charge in [0, 0.05) is 43.3 Å². The molecule has 2 aromatic carbocycles. The second kappa shape index (κ2) is 13.3. The zero-order valence-corrected chi connectivity index (χ0v) is 24.3. The van der Waals surface area contributed by atoms with Crippen LogP contribution in [-0.2, 0) is 21.4 Å². The summed E-state index contributed by atoms with van der Waals surface area (Å²) in [5.74, 6) is -2.06. The van der Waals surface area contributed by atoms with E-state index < -0.39 is 40.4 Å². The molecule has 0 unspecified atom stereocenters. The van der Waals surface area contributed by atoms with Crippen LogP contribution in [0.25, 0.3) is 22.4 Å². The average Bonchev–Trinajstić information content (AvgIpc) is 3.29. The molecule has 8 nitrogen and oxygen atoms in total. The first-order chi connectivity index (χ1) is 19.5. The molecule has 1 saturated heterocycles. The first kappa shape index (κ1) is 30.9. The number of carboxylic acids is 1. The van der Waals surface area contributed by atoms with Crippen LogP contribution in [0.15, 0.2) is 59.5 Å². The number of benzene rings is 2. The lowest BCUT2D eigenvalue weighted by atomic mass is 10.0. The van der Waals surface area contributed by atoms with Crippen LogP contribution >= 0.6 is 0 Å². The van der Waals surface area contributed by atoms with Crippen molar-refractivity contribution in [3.05, 3.63) is 66.1 Å². The van der Waals surface area contributed by atoms with Gasteiger partial charge in [-0.3, -0.25) is 0 Å². The number of aromatic nitrogens is 1. The number of hydrogen-bond acceptors (Lipinski definition) is 6. The quantitative estimate of drug-likeness (QED) is 0.332. The van der Waals surface area contributed by atoms with Crippen molar-refractivity contribution in [2.45, 2.75) is 81.9 Å². The van der Waals surface area contributed by atoms with E-state index >= 15 is 0 Å². The van der Waals surface area contributed by atoms with Crippen LogP contribution in [0.4, 0.5) is 4.39 Å². The van der Waals surface area contributed by atoms with Crippen LogP contribution in [0, 0.1) is 5.82 Å². The van der Waals surface area contributed by atoms with Crippen molar-refractivity contribution in [2.24, 2.45) is 0 Å². The van der Waals surface area contributed by atoms with Gasteiger partial charge in [0.05, 0.1) is 17.9 Å². The molecule has 0 amide bonds. The number of hydrogen-bond donors (Lipinski definition) is 2. The van der Waals surface area contributed by atoms with E-state index in [1.807, 2.05) is 48.7 Å². The van der Waals surface area contributed by atoms with E-state index in [1.165, 1.54) is 12.1 Å². The summed E-state index contributed by atoms with van der Waals surface area (Å²) in [7, 11) is -3.94. The summed E-state index contributed by atoms with van der Waals surface area (Å²) in [6.45, 7) is 4.89. The first-order valence-electron chi connectivity index (χ1n) is 14.1. The fraction of sp³-hybridized carbons (Fsp3) is 0.452. The van der Waals surface area contributed by atoms with Crippen LogP contribution in [0.5, 0.6) is 0 Å². The molecular formula is C31H38FN2O6S-. The average molecular weight is 586 g/mol. The van der Waals surface area contributed by atoms with E-state index in [9.17, 15) is 32.9 Å². The lowest BCUT2D eigenvalue weighted by Crippen LogP contribution is -2.36. The highest BCUT2D eigenvalue weighted by atomic mass is 32.2. The summed E-state index contributed by atoms with van der Waals surface area (Å²) in [5, 5.41) is 31.6. The molecule has 0 saturated carbocycles. The fourth-order valence-corrected chi connectivity index (χ4v) is 7.76. The minimum absolute atomic E-state index is 0.129. The van der Waals surface area contributed by atoms with Crippen LogP contribution in [0.3, 0.4) is 0 Å². The molecule has 41 heavy (non-hydrogen) atoms. The van der Waals surface area contributed by atoms with Crippen molar-refractivity contribution in [1.29, 1.82) is 0 Å². The zero-order valence-electron chi connectivity index (χ0n) is 23.5. The molecule has 1 aliphatic rings. The molecule has 222 valence electrons. The molecule has 2 atom stereocenters. The van der Waals surface area contributed by atoms with Gasteiger partial charge >= 0.3 is 0 Å². The van der Waals surface area contributed by atoms with Crippen LogP contribution in [0.2, 0.25) is 0 Å². The SMILES string of the molecule is CC(C)c1c(S(=O)(=O)N2CCCCC2)c(-c2ccccc2)c(-c2ccc(F)cc2)n1CC[C@@H](O)C[C@@H](O)CC(=O)[O-]. The Labute approximate surface area is 241 Å². The van der Waals surface area contributed by atoms with Gasteiger partial charge in [0.1, 0.15) is 10.7 Å². The predicted molar refractivity (Wildman–Crippen MR) is 153 cm³/mol. The largest absolute Gasteiger partial charge is 0.550 e. The monoisotopic (exact) mass is 585 g/mol. The molecule has 1 aromatic heterocycles. The molecule has 3 aromatic rings. The van der Waals surface area contributed by atoms with Gasteiger partial charge in [-0.05, 0) is 67.0 Å². The standard InChI is InChI=1S/C31H39FN2O6S/c1-21(2)29-31(41(39,40)33-16-7-4-8-17-33)28(22-9-5-3-6-10-22)30(23-11-13-24(32)14-12-23)34(29)18-15-25(35)19-26(36)20-27(37)38/h3,5-6,9-14,21,25-26,35-36H,4,7-8,15-20H2,1-2H3,(H,37,38)/p-1/t25-,26-/m1/s1. The Kier molecular flexibility index (Phi) is 10.0. The smallest absolute Gasteiger partial charge is 0.245 e. The summed E-state index contributed by atoms with van der Waals surface area (Å²) in [6.07, 6.45) is -0.406. The molecular weight excluding hydrogens is 547 g/mol. The lowest BCUT2D eigenvalue weighted by Gasteiger charge is -2.27. The number of rotatable bonds is 12. The first-order valence-corrected chi connectivity index (χ1v) is 15.6. The second-order valence-electron chi connectivity index (χ2n) is 11.0. The number of carbonyl (C=O) groups excluding carboxylic acids is 1. The third-order valence-electron chi connectivity index (χ3n) is 7.53. The van der Waals surface area contributed by atoms with Crippen molar-refractivity contribution in [2.75, 3.05) is 13.1 Å².